The Morgan fingerprint density at radius 1 is 1.35 bits per heavy atom. The van der Waals surface area contributed by atoms with Gasteiger partial charge in [-0.25, -0.2) is 4.39 Å². The Morgan fingerprint density at radius 2 is 2.12 bits per heavy atom. The molecule has 2 aliphatic heterocycles. The predicted molar refractivity (Wildman–Crippen MR) is 95.8 cm³/mol. The second kappa shape index (κ2) is 8.35. The van der Waals surface area contributed by atoms with E-state index in [0.29, 0.717) is 30.3 Å². The number of ether oxygens (including phenoxy) is 3. The van der Waals surface area contributed by atoms with Crippen molar-refractivity contribution in [1.82, 2.24) is 4.90 Å². The summed E-state index contributed by atoms with van der Waals surface area (Å²) in [5.41, 5.74) is 0.623. The van der Waals surface area contributed by atoms with E-state index >= 15 is 0 Å². The zero-order chi connectivity index (χ0) is 18.6. The van der Waals surface area contributed by atoms with Crippen molar-refractivity contribution in [2.45, 2.75) is 37.7 Å². The minimum Gasteiger partial charge on any atom is -0.496 e. The molecule has 0 aromatic heterocycles. The lowest BCUT2D eigenvalue weighted by Gasteiger charge is -2.42. The quantitative estimate of drug-likeness (QED) is 0.778. The van der Waals surface area contributed by atoms with Crippen LogP contribution in [0.2, 0.25) is 0 Å². The van der Waals surface area contributed by atoms with Crippen LogP contribution in [0.25, 0.3) is 0 Å². The van der Waals surface area contributed by atoms with Gasteiger partial charge in [0, 0.05) is 45.0 Å². The van der Waals surface area contributed by atoms with Crippen LogP contribution in [0.5, 0.6) is 5.75 Å². The summed E-state index contributed by atoms with van der Waals surface area (Å²) in [5, 5.41) is 0. The molecule has 2 aliphatic rings. The average molecular weight is 365 g/mol. The van der Waals surface area contributed by atoms with Gasteiger partial charge in [0.2, 0.25) is 5.91 Å². The van der Waals surface area contributed by atoms with Gasteiger partial charge in [-0.1, -0.05) is 6.07 Å². The molecule has 1 atom stereocenters. The molecule has 6 heteroatoms. The Morgan fingerprint density at radius 3 is 2.81 bits per heavy atom. The monoisotopic (exact) mass is 365 g/mol. The first kappa shape index (κ1) is 19.1. The number of carbonyl (C=O) groups is 1. The molecule has 5 nitrogen and oxygen atoms in total. The molecule has 2 heterocycles. The van der Waals surface area contributed by atoms with Crippen molar-refractivity contribution < 1.29 is 23.4 Å². The maximum atomic E-state index is 13.3. The van der Waals surface area contributed by atoms with Crippen LogP contribution in [0.1, 0.15) is 31.2 Å². The van der Waals surface area contributed by atoms with E-state index < -0.39 is 0 Å². The van der Waals surface area contributed by atoms with Gasteiger partial charge >= 0.3 is 0 Å². The summed E-state index contributed by atoms with van der Waals surface area (Å²) in [6.07, 6.45) is 4.05. The van der Waals surface area contributed by atoms with E-state index in [1.807, 2.05) is 4.90 Å². The first-order valence-corrected chi connectivity index (χ1v) is 9.31. The van der Waals surface area contributed by atoms with Gasteiger partial charge in [0.05, 0.1) is 19.1 Å². The third-order valence-electron chi connectivity index (χ3n) is 5.82. The largest absolute Gasteiger partial charge is 0.496 e. The molecular weight excluding hydrogens is 337 g/mol. The van der Waals surface area contributed by atoms with Gasteiger partial charge in [-0.05, 0) is 37.7 Å². The zero-order valence-corrected chi connectivity index (χ0v) is 15.6. The standard InChI is InChI=1S/C20H28FNO4/c1-24-11-5-16-6-12-26-20(16)7-9-22(10-8-20)19(23)13-15-3-4-17(21)14-18(15)25-2/h3-4,14,16H,5-13H2,1-2H3/t16-/m0/s1. The van der Waals surface area contributed by atoms with E-state index in [1.165, 1.54) is 19.2 Å². The molecule has 2 fully saturated rings. The highest BCUT2D eigenvalue weighted by atomic mass is 19.1. The average Bonchev–Trinajstić information content (AvgIpc) is 3.03. The number of methoxy groups -OCH3 is 2. The third-order valence-corrected chi connectivity index (χ3v) is 5.82. The van der Waals surface area contributed by atoms with E-state index in [-0.39, 0.29) is 23.7 Å². The van der Waals surface area contributed by atoms with Gasteiger partial charge in [-0.2, -0.15) is 0 Å². The van der Waals surface area contributed by atoms with Gasteiger partial charge in [0.15, 0.2) is 0 Å². The molecule has 1 aromatic rings. The van der Waals surface area contributed by atoms with Gasteiger partial charge in [-0.15, -0.1) is 0 Å². The fourth-order valence-corrected chi connectivity index (χ4v) is 4.28. The predicted octanol–water partition coefficient (Wildman–Crippen LogP) is 2.81. The molecule has 2 saturated heterocycles. The molecule has 0 radical (unpaired) electrons. The lowest BCUT2D eigenvalue weighted by molar-refractivity contribution is -0.137. The minimum atomic E-state index is -0.363. The summed E-state index contributed by atoms with van der Waals surface area (Å²) in [6.45, 7) is 2.95. The van der Waals surface area contributed by atoms with Crippen molar-refractivity contribution in [2.24, 2.45) is 5.92 Å². The Bertz CT molecular complexity index is 628. The van der Waals surface area contributed by atoms with Crippen molar-refractivity contribution in [3.05, 3.63) is 29.6 Å². The number of carbonyl (C=O) groups excluding carboxylic acids is 1. The summed E-state index contributed by atoms with van der Waals surface area (Å²) in [6, 6.07) is 4.31. The molecule has 0 unspecified atom stereocenters. The van der Waals surface area contributed by atoms with E-state index in [9.17, 15) is 9.18 Å². The van der Waals surface area contributed by atoms with Gasteiger partial charge in [-0.3, -0.25) is 4.79 Å². The summed E-state index contributed by atoms with van der Waals surface area (Å²) in [5.74, 6) is 0.622. The fourth-order valence-electron chi connectivity index (χ4n) is 4.28. The van der Waals surface area contributed by atoms with Crippen LogP contribution >= 0.6 is 0 Å². The van der Waals surface area contributed by atoms with E-state index in [4.69, 9.17) is 14.2 Å². The molecule has 0 aliphatic carbocycles. The van der Waals surface area contributed by atoms with Crippen LogP contribution in [0.4, 0.5) is 4.39 Å². The Kier molecular flexibility index (Phi) is 6.14. The summed E-state index contributed by atoms with van der Waals surface area (Å²) in [7, 11) is 3.22. The maximum absolute atomic E-state index is 13.3. The van der Waals surface area contributed by atoms with Crippen molar-refractivity contribution in [3.63, 3.8) is 0 Å². The lowest BCUT2D eigenvalue weighted by Crippen LogP contribution is -2.49. The summed E-state index contributed by atoms with van der Waals surface area (Å²) >= 11 is 0. The molecule has 1 amide bonds. The zero-order valence-electron chi connectivity index (χ0n) is 15.6. The Labute approximate surface area is 154 Å². The minimum absolute atomic E-state index is 0.0520. The van der Waals surface area contributed by atoms with Crippen LogP contribution in [0.3, 0.4) is 0 Å². The van der Waals surface area contributed by atoms with Gasteiger partial charge in [0.25, 0.3) is 0 Å². The fraction of sp³-hybridized carbons (Fsp3) is 0.650. The first-order valence-electron chi connectivity index (χ1n) is 9.31. The van der Waals surface area contributed by atoms with Gasteiger partial charge in [0.1, 0.15) is 11.6 Å². The highest BCUT2D eigenvalue weighted by Crippen LogP contribution is 2.42. The van der Waals surface area contributed by atoms with E-state index in [0.717, 1.165) is 38.9 Å². The first-order chi connectivity index (χ1) is 12.6. The number of hydrogen-bond acceptors (Lipinski definition) is 4. The number of amides is 1. The SMILES string of the molecule is COCC[C@H]1CCOC12CCN(C(=O)Cc1ccc(F)cc1OC)CC2. The highest BCUT2D eigenvalue weighted by molar-refractivity contribution is 5.79. The number of piperidine rings is 1. The van der Waals surface area contributed by atoms with Crippen molar-refractivity contribution >= 4 is 5.91 Å². The number of benzene rings is 1. The Hall–Kier alpha value is -1.66. The van der Waals surface area contributed by atoms with Crippen LogP contribution in [0, 0.1) is 11.7 Å². The van der Waals surface area contributed by atoms with Crippen LogP contribution in [-0.4, -0.2) is 56.9 Å². The second-order valence-corrected chi connectivity index (χ2v) is 7.19. The Balaban J connectivity index is 1.59. The van der Waals surface area contributed by atoms with Crippen LogP contribution in [-0.2, 0) is 20.7 Å². The molecule has 3 rings (SSSR count). The normalized spacial score (nSPS) is 22.0. The number of likely N-dealkylation sites (tertiary alicyclic amines) is 1. The van der Waals surface area contributed by atoms with Crippen LogP contribution in [0.15, 0.2) is 18.2 Å². The van der Waals surface area contributed by atoms with Crippen molar-refractivity contribution in [3.8, 4) is 5.75 Å². The van der Waals surface area contributed by atoms with E-state index in [1.54, 1.807) is 13.2 Å². The van der Waals surface area contributed by atoms with Crippen LogP contribution < -0.4 is 4.74 Å². The molecule has 1 aromatic carbocycles. The van der Waals surface area contributed by atoms with Gasteiger partial charge < -0.3 is 19.1 Å². The molecule has 0 saturated carbocycles. The molecule has 0 N–H and O–H groups in total. The molecule has 26 heavy (non-hydrogen) atoms. The topological polar surface area (TPSA) is 48.0 Å². The molecule has 0 bridgehead atoms. The number of halogens is 1. The molecule has 144 valence electrons. The molecule has 1 spiro atoms. The second-order valence-electron chi connectivity index (χ2n) is 7.19. The molecular formula is C20H28FNO4. The smallest absolute Gasteiger partial charge is 0.227 e. The van der Waals surface area contributed by atoms with E-state index in [2.05, 4.69) is 0 Å². The number of rotatable bonds is 6. The maximum Gasteiger partial charge on any atom is 0.227 e. The van der Waals surface area contributed by atoms with Crippen molar-refractivity contribution in [2.75, 3.05) is 40.5 Å². The third kappa shape index (κ3) is 4.01. The summed E-state index contributed by atoms with van der Waals surface area (Å²) in [4.78, 5) is 14.6. The van der Waals surface area contributed by atoms with Crippen molar-refractivity contribution in [1.29, 1.82) is 0 Å². The summed E-state index contributed by atoms with van der Waals surface area (Å²) < 4.78 is 29.9. The number of hydrogen-bond donors (Lipinski definition) is 0. The number of nitrogens with zero attached hydrogens (tertiary/aromatic N) is 1. The lowest BCUT2D eigenvalue weighted by atomic mass is 9.78. The highest BCUT2D eigenvalue weighted by Gasteiger charge is 2.46.